The van der Waals surface area contributed by atoms with Gasteiger partial charge in [-0.05, 0) is 69.9 Å². The van der Waals surface area contributed by atoms with Crippen LogP contribution in [0.1, 0.15) is 17.3 Å². The first-order valence-corrected chi connectivity index (χ1v) is 20.2. The van der Waals surface area contributed by atoms with Crippen LogP contribution in [0.4, 0.5) is 0 Å². The predicted octanol–water partition coefficient (Wildman–Crippen LogP) is 13.5. The van der Waals surface area contributed by atoms with Gasteiger partial charge < -0.3 is 4.42 Å². The van der Waals surface area contributed by atoms with Crippen molar-refractivity contribution in [3.8, 4) is 33.9 Å². The van der Waals surface area contributed by atoms with Gasteiger partial charge in [0.05, 0.1) is 0 Å². The lowest BCUT2D eigenvalue weighted by atomic mass is 9.89. The maximum atomic E-state index is 6.54. The van der Waals surface area contributed by atoms with Crippen molar-refractivity contribution in [3.05, 3.63) is 175 Å². The Kier molecular flexibility index (Phi) is 6.82. The van der Waals surface area contributed by atoms with Crippen molar-refractivity contribution in [1.82, 2.24) is 15.0 Å². The predicted molar refractivity (Wildman–Crippen MR) is 230 cm³/mol. The van der Waals surface area contributed by atoms with Gasteiger partial charge in [-0.1, -0.05) is 121 Å². The number of allylic oxidation sites excluding steroid dienone is 3. The molecule has 1 aliphatic heterocycles. The van der Waals surface area contributed by atoms with Crippen molar-refractivity contribution in [2.75, 3.05) is 0 Å². The van der Waals surface area contributed by atoms with Gasteiger partial charge in [0.25, 0.3) is 0 Å². The molecule has 2 atom stereocenters. The average molecular weight is 740 g/mol. The summed E-state index contributed by atoms with van der Waals surface area (Å²) in [4.78, 5) is 17.1. The van der Waals surface area contributed by atoms with Gasteiger partial charge in [0, 0.05) is 63.7 Å². The number of thioether (sulfide) groups is 1. The molecule has 2 aliphatic rings. The fourth-order valence-corrected chi connectivity index (χ4v) is 10.9. The van der Waals surface area contributed by atoms with Crippen molar-refractivity contribution in [2.45, 2.75) is 16.1 Å². The third-order valence-electron chi connectivity index (χ3n) is 11.1. The number of furan rings is 1. The molecule has 3 aromatic heterocycles. The topological polar surface area (TPSA) is 51.8 Å². The molecule has 55 heavy (non-hydrogen) atoms. The molecule has 258 valence electrons. The van der Waals surface area contributed by atoms with Gasteiger partial charge in [0.15, 0.2) is 17.5 Å². The van der Waals surface area contributed by atoms with Crippen LogP contribution < -0.4 is 0 Å². The van der Waals surface area contributed by atoms with Crippen LogP contribution in [-0.2, 0) is 0 Å². The Morgan fingerprint density at radius 3 is 2.29 bits per heavy atom. The zero-order valence-electron chi connectivity index (χ0n) is 29.3. The fraction of sp³-hybridized carbons (Fsp3) is 0.0408. The van der Waals surface area contributed by atoms with E-state index in [1.807, 2.05) is 35.2 Å². The van der Waals surface area contributed by atoms with E-state index in [0.717, 1.165) is 49.6 Å². The monoisotopic (exact) mass is 739 g/mol. The lowest BCUT2D eigenvalue weighted by Gasteiger charge is -2.19. The second kappa shape index (κ2) is 12.1. The Labute approximate surface area is 324 Å². The smallest absolute Gasteiger partial charge is 0.164 e. The van der Waals surface area contributed by atoms with E-state index in [1.54, 1.807) is 0 Å². The molecular formula is C49H29N3OS2. The minimum absolute atomic E-state index is 0.259. The Bertz CT molecular complexity index is 3280. The molecule has 12 rings (SSSR count). The summed E-state index contributed by atoms with van der Waals surface area (Å²) in [6.07, 6.45) is 6.85. The SMILES string of the molecule is C1=CC2Sc3ccccc3C2C=C1c1nc(-c2ccc3ccccc3c2)nc(-c2cccc3oc4ccc(-c5cccc6sc7ccccc7c56)cc4c23)n1. The number of benzene rings is 7. The Balaban J connectivity index is 1.07. The third kappa shape index (κ3) is 4.95. The number of nitrogens with zero attached hydrogens (tertiary/aromatic N) is 3. The third-order valence-corrected chi connectivity index (χ3v) is 13.6. The highest BCUT2D eigenvalue weighted by atomic mass is 32.2. The van der Waals surface area contributed by atoms with Crippen LogP contribution in [0, 0.1) is 0 Å². The van der Waals surface area contributed by atoms with Crippen LogP contribution in [0.25, 0.3) is 92.4 Å². The van der Waals surface area contributed by atoms with Crippen molar-refractivity contribution < 1.29 is 4.42 Å². The zero-order chi connectivity index (χ0) is 36.0. The van der Waals surface area contributed by atoms with Gasteiger partial charge in [-0.3, -0.25) is 0 Å². The highest BCUT2D eigenvalue weighted by Gasteiger charge is 2.33. The van der Waals surface area contributed by atoms with E-state index in [9.17, 15) is 0 Å². The van der Waals surface area contributed by atoms with Crippen molar-refractivity contribution >= 4 is 81.6 Å². The van der Waals surface area contributed by atoms with Crippen LogP contribution >= 0.6 is 23.1 Å². The van der Waals surface area contributed by atoms with E-state index >= 15 is 0 Å². The number of aromatic nitrogens is 3. The average Bonchev–Trinajstić information content (AvgIpc) is 3.94. The van der Waals surface area contributed by atoms with Gasteiger partial charge in [0.2, 0.25) is 0 Å². The molecule has 2 unspecified atom stereocenters. The number of hydrogen-bond donors (Lipinski definition) is 0. The van der Waals surface area contributed by atoms with Crippen LogP contribution in [0.15, 0.2) is 173 Å². The standard InChI is InChI=1S/C49H29N3OS2/c1-2-10-29-25-31(20-19-28(29)9-1)47-50-48(32-22-24-43-37(27-32)34-11-3-5-16-41(34)54-43)52-49(51-47)36-14-7-15-40-45(36)38-26-30(21-23-39(38)53-40)33-13-8-18-44-46(33)35-12-4-6-17-42(35)55-44/h1-27,37,43H. The summed E-state index contributed by atoms with van der Waals surface area (Å²) in [5, 5.41) is 7.29. The number of hydrogen-bond acceptors (Lipinski definition) is 6. The van der Waals surface area contributed by atoms with E-state index in [-0.39, 0.29) is 5.92 Å². The summed E-state index contributed by atoms with van der Waals surface area (Å²) in [5.41, 5.74) is 8.23. The van der Waals surface area contributed by atoms with E-state index in [4.69, 9.17) is 19.4 Å². The molecule has 1 aliphatic carbocycles. The summed E-state index contributed by atoms with van der Waals surface area (Å²) in [6, 6.07) is 51.6. The first-order chi connectivity index (χ1) is 27.2. The van der Waals surface area contributed by atoms with Crippen LogP contribution in [0.3, 0.4) is 0 Å². The van der Waals surface area contributed by atoms with Gasteiger partial charge in [-0.25, -0.2) is 15.0 Å². The van der Waals surface area contributed by atoms with Gasteiger partial charge in [-0.15, -0.1) is 23.1 Å². The molecule has 0 spiro atoms. The van der Waals surface area contributed by atoms with Crippen molar-refractivity contribution in [3.63, 3.8) is 0 Å². The highest BCUT2D eigenvalue weighted by Crippen LogP contribution is 2.50. The Hall–Kier alpha value is -6.34. The molecule has 0 amide bonds. The minimum Gasteiger partial charge on any atom is -0.456 e. The van der Waals surface area contributed by atoms with Crippen molar-refractivity contribution in [2.24, 2.45) is 0 Å². The molecular weight excluding hydrogens is 711 g/mol. The maximum absolute atomic E-state index is 6.54. The van der Waals surface area contributed by atoms with E-state index in [1.165, 1.54) is 41.6 Å². The maximum Gasteiger partial charge on any atom is 0.164 e. The molecule has 4 heterocycles. The molecule has 10 aromatic rings. The second-order valence-corrected chi connectivity index (χ2v) is 16.6. The Morgan fingerprint density at radius 2 is 1.31 bits per heavy atom. The van der Waals surface area contributed by atoms with Gasteiger partial charge >= 0.3 is 0 Å². The molecule has 0 N–H and O–H groups in total. The van der Waals surface area contributed by atoms with Gasteiger partial charge in [0.1, 0.15) is 11.2 Å². The molecule has 7 aromatic carbocycles. The lowest BCUT2D eigenvalue weighted by molar-refractivity contribution is 0.669. The molecule has 0 bridgehead atoms. The number of rotatable bonds is 4. The molecule has 0 saturated carbocycles. The van der Waals surface area contributed by atoms with Crippen LogP contribution in [-0.4, -0.2) is 20.2 Å². The number of fused-ring (bicyclic) bond motifs is 10. The fourth-order valence-electron chi connectivity index (χ4n) is 8.48. The Morgan fingerprint density at radius 1 is 0.527 bits per heavy atom. The molecule has 4 nitrogen and oxygen atoms in total. The molecule has 0 saturated heterocycles. The van der Waals surface area contributed by atoms with Crippen molar-refractivity contribution in [1.29, 1.82) is 0 Å². The summed E-state index contributed by atoms with van der Waals surface area (Å²) in [5.74, 6) is 2.19. The summed E-state index contributed by atoms with van der Waals surface area (Å²) < 4.78 is 9.12. The highest BCUT2D eigenvalue weighted by molar-refractivity contribution is 8.00. The largest absolute Gasteiger partial charge is 0.456 e. The summed E-state index contributed by atoms with van der Waals surface area (Å²) >= 11 is 3.77. The molecule has 0 fully saturated rings. The summed E-state index contributed by atoms with van der Waals surface area (Å²) in [7, 11) is 0. The first kappa shape index (κ1) is 31.1. The van der Waals surface area contributed by atoms with Crippen LogP contribution in [0.5, 0.6) is 0 Å². The summed E-state index contributed by atoms with van der Waals surface area (Å²) in [6.45, 7) is 0. The van der Waals surface area contributed by atoms with E-state index in [2.05, 4.69) is 152 Å². The normalized spacial score (nSPS) is 16.3. The quantitative estimate of drug-likeness (QED) is 0.180. The van der Waals surface area contributed by atoms with E-state index < -0.39 is 0 Å². The second-order valence-electron chi connectivity index (χ2n) is 14.3. The molecule has 0 radical (unpaired) electrons. The van der Waals surface area contributed by atoms with E-state index in [0.29, 0.717) is 22.7 Å². The zero-order valence-corrected chi connectivity index (χ0v) is 30.9. The number of thiophene rings is 1. The minimum atomic E-state index is 0.259. The lowest BCUT2D eigenvalue weighted by Crippen LogP contribution is -2.11. The first-order valence-electron chi connectivity index (χ1n) is 18.5. The molecule has 6 heteroatoms. The van der Waals surface area contributed by atoms with Gasteiger partial charge in [-0.2, -0.15) is 0 Å². The van der Waals surface area contributed by atoms with Crippen LogP contribution in [0.2, 0.25) is 0 Å².